The van der Waals surface area contributed by atoms with Gasteiger partial charge in [-0.05, 0) is 19.4 Å². The van der Waals surface area contributed by atoms with Crippen molar-refractivity contribution in [2.75, 3.05) is 0 Å². The molecule has 5 nitrogen and oxygen atoms in total. The number of fused-ring (bicyclic) bond motifs is 1. The van der Waals surface area contributed by atoms with Crippen LogP contribution in [0.4, 0.5) is 4.39 Å². The molecule has 1 atom stereocenters. The molecule has 2 N–H and O–H groups in total. The second kappa shape index (κ2) is 5.32. The first-order chi connectivity index (χ1) is 9.45. The summed E-state index contributed by atoms with van der Waals surface area (Å²) in [6.07, 6.45) is 0.245. The van der Waals surface area contributed by atoms with E-state index in [1.807, 2.05) is 0 Å². The Morgan fingerprint density at radius 3 is 2.70 bits per heavy atom. The maximum atomic E-state index is 13.6. The minimum Gasteiger partial charge on any atom is -0.480 e. The van der Waals surface area contributed by atoms with Crippen LogP contribution in [-0.2, 0) is 4.79 Å². The van der Waals surface area contributed by atoms with Gasteiger partial charge in [-0.3, -0.25) is 4.79 Å². The number of furan rings is 1. The molecule has 0 fully saturated rings. The van der Waals surface area contributed by atoms with Gasteiger partial charge in [-0.1, -0.05) is 19.1 Å². The molecule has 1 amide bonds. The van der Waals surface area contributed by atoms with Crippen LogP contribution in [-0.4, -0.2) is 23.0 Å². The lowest BCUT2D eigenvalue weighted by molar-refractivity contribution is -0.139. The Morgan fingerprint density at radius 2 is 2.15 bits per heavy atom. The molecule has 0 aliphatic rings. The lowest BCUT2D eigenvalue weighted by Crippen LogP contribution is -2.40. The highest BCUT2D eigenvalue weighted by atomic mass is 19.1. The molecular weight excluding hydrogens is 265 g/mol. The van der Waals surface area contributed by atoms with E-state index in [1.165, 1.54) is 12.1 Å². The van der Waals surface area contributed by atoms with Crippen molar-refractivity contribution in [1.82, 2.24) is 5.32 Å². The first kappa shape index (κ1) is 14.0. The SMILES string of the molecule is CC[C@@H](NC(=O)c1oc2c(F)cccc2c1C)C(=O)O. The predicted molar refractivity (Wildman–Crippen MR) is 70.1 cm³/mol. The number of aryl methyl sites for hydroxylation is 1. The van der Waals surface area contributed by atoms with E-state index in [9.17, 15) is 14.0 Å². The Kier molecular flexibility index (Phi) is 3.74. The summed E-state index contributed by atoms with van der Waals surface area (Å²) in [6, 6.07) is 3.40. The smallest absolute Gasteiger partial charge is 0.326 e. The highest BCUT2D eigenvalue weighted by Gasteiger charge is 2.24. The van der Waals surface area contributed by atoms with Crippen LogP contribution < -0.4 is 5.32 Å². The van der Waals surface area contributed by atoms with Gasteiger partial charge in [0, 0.05) is 10.9 Å². The molecule has 0 unspecified atom stereocenters. The van der Waals surface area contributed by atoms with E-state index in [2.05, 4.69) is 5.32 Å². The molecule has 6 heteroatoms. The standard InChI is InChI=1S/C14H14FNO4/c1-3-10(14(18)19)16-13(17)11-7(2)8-5-4-6-9(15)12(8)20-11/h4-6,10H,3H2,1-2H3,(H,16,17)(H,18,19)/t10-/m1/s1. The fraction of sp³-hybridized carbons (Fsp3) is 0.286. The molecular formula is C14H14FNO4. The van der Waals surface area contributed by atoms with Crippen LogP contribution in [0, 0.1) is 12.7 Å². The van der Waals surface area contributed by atoms with Gasteiger partial charge in [-0.25, -0.2) is 9.18 Å². The number of benzene rings is 1. The van der Waals surface area contributed by atoms with Gasteiger partial charge < -0.3 is 14.8 Å². The molecule has 0 bridgehead atoms. The number of para-hydroxylation sites is 1. The third-order valence-electron chi connectivity index (χ3n) is 3.13. The molecule has 106 valence electrons. The van der Waals surface area contributed by atoms with Crippen LogP contribution in [0.5, 0.6) is 0 Å². The van der Waals surface area contributed by atoms with Gasteiger partial charge in [-0.2, -0.15) is 0 Å². The van der Waals surface area contributed by atoms with E-state index < -0.39 is 23.7 Å². The molecule has 0 saturated carbocycles. The number of amides is 1. The van der Waals surface area contributed by atoms with Crippen LogP contribution in [0.25, 0.3) is 11.0 Å². The second-order valence-electron chi connectivity index (χ2n) is 4.45. The predicted octanol–water partition coefficient (Wildman–Crippen LogP) is 2.47. The van der Waals surface area contributed by atoms with Crippen molar-refractivity contribution in [1.29, 1.82) is 0 Å². The summed E-state index contributed by atoms with van der Waals surface area (Å²) in [7, 11) is 0. The van der Waals surface area contributed by atoms with Crippen LogP contribution in [0.1, 0.15) is 29.5 Å². The van der Waals surface area contributed by atoms with Gasteiger partial charge in [0.1, 0.15) is 6.04 Å². The molecule has 2 rings (SSSR count). The van der Waals surface area contributed by atoms with Crippen molar-refractivity contribution in [3.63, 3.8) is 0 Å². The van der Waals surface area contributed by atoms with Crippen molar-refractivity contribution in [3.05, 3.63) is 35.3 Å². The number of halogens is 1. The molecule has 0 spiro atoms. The summed E-state index contributed by atoms with van der Waals surface area (Å²) in [5.41, 5.74) is 0.482. The number of hydrogen-bond acceptors (Lipinski definition) is 3. The highest BCUT2D eigenvalue weighted by Crippen LogP contribution is 2.27. The van der Waals surface area contributed by atoms with Crippen molar-refractivity contribution in [2.24, 2.45) is 0 Å². The summed E-state index contributed by atoms with van der Waals surface area (Å²) in [5, 5.41) is 11.8. The van der Waals surface area contributed by atoms with Gasteiger partial charge in [0.25, 0.3) is 5.91 Å². The lowest BCUT2D eigenvalue weighted by atomic mass is 10.1. The zero-order valence-electron chi connectivity index (χ0n) is 11.1. The summed E-state index contributed by atoms with van der Waals surface area (Å²) in [5.74, 6) is -2.41. The first-order valence-electron chi connectivity index (χ1n) is 6.17. The van der Waals surface area contributed by atoms with Gasteiger partial charge in [0.2, 0.25) is 0 Å². The van der Waals surface area contributed by atoms with E-state index in [1.54, 1.807) is 19.9 Å². The normalized spacial score (nSPS) is 12.3. The topological polar surface area (TPSA) is 79.5 Å². The van der Waals surface area contributed by atoms with Gasteiger partial charge in [0.15, 0.2) is 17.2 Å². The van der Waals surface area contributed by atoms with E-state index in [0.717, 1.165) is 0 Å². The van der Waals surface area contributed by atoms with Gasteiger partial charge in [-0.15, -0.1) is 0 Å². The van der Waals surface area contributed by atoms with Crippen molar-refractivity contribution in [2.45, 2.75) is 26.3 Å². The van der Waals surface area contributed by atoms with Crippen LogP contribution in [0.2, 0.25) is 0 Å². The molecule has 0 aliphatic carbocycles. The summed E-state index contributed by atoms with van der Waals surface area (Å²) in [6.45, 7) is 3.27. The Morgan fingerprint density at radius 1 is 1.45 bits per heavy atom. The first-order valence-corrected chi connectivity index (χ1v) is 6.17. The zero-order chi connectivity index (χ0) is 14.9. The van der Waals surface area contributed by atoms with E-state index in [-0.39, 0.29) is 17.8 Å². The van der Waals surface area contributed by atoms with Crippen molar-refractivity contribution in [3.8, 4) is 0 Å². The number of carbonyl (C=O) groups excluding carboxylic acids is 1. The average molecular weight is 279 g/mol. The van der Waals surface area contributed by atoms with Crippen LogP contribution >= 0.6 is 0 Å². The second-order valence-corrected chi connectivity index (χ2v) is 4.45. The molecule has 1 aromatic carbocycles. The summed E-state index contributed by atoms with van der Waals surface area (Å²) >= 11 is 0. The van der Waals surface area contributed by atoms with Crippen molar-refractivity contribution >= 4 is 22.8 Å². The fourth-order valence-corrected chi connectivity index (χ4v) is 1.99. The highest BCUT2D eigenvalue weighted by molar-refractivity contribution is 6.00. The largest absolute Gasteiger partial charge is 0.480 e. The van der Waals surface area contributed by atoms with Crippen LogP contribution in [0.15, 0.2) is 22.6 Å². The number of hydrogen-bond donors (Lipinski definition) is 2. The third-order valence-corrected chi connectivity index (χ3v) is 3.13. The number of carbonyl (C=O) groups is 2. The van der Waals surface area contributed by atoms with Crippen LogP contribution in [0.3, 0.4) is 0 Å². The number of carboxylic acid groups (broad SMARTS) is 1. The Hall–Kier alpha value is -2.37. The molecule has 1 heterocycles. The Bertz CT molecular complexity index is 677. The Balaban J connectivity index is 2.38. The number of carboxylic acids is 1. The van der Waals surface area contributed by atoms with E-state index in [4.69, 9.17) is 9.52 Å². The monoisotopic (exact) mass is 279 g/mol. The lowest BCUT2D eigenvalue weighted by Gasteiger charge is -2.10. The molecule has 0 radical (unpaired) electrons. The fourth-order valence-electron chi connectivity index (χ4n) is 1.99. The zero-order valence-corrected chi connectivity index (χ0v) is 11.1. The van der Waals surface area contributed by atoms with E-state index in [0.29, 0.717) is 10.9 Å². The maximum Gasteiger partial charge on any atom is 0.326 e. The molecule has 0 saturated heterocycles. The quantitative estimate of drug-likeness (QED) is 0.901. The Labute approximate surface area is 114 Å². The average Bonchev–Trinajstić information content (AvgIpc) is 2.75. The van der Waals surface area contributed by atoms with E-state index >= 15 is 0 Å². The maximum absolute atomic E-state index is 13.6. The van der Waals surface area contributed by atoms with Crippen molar-refractivity contribution < 1.29 is 23.5 Å². The van der Waals surface area contributed by atoms with Gasteiger partial charge >= 0.3 is 5.97 Å². The molecule has 1 aromatic heterocycles. The molecule has 2 aromatic rings. The minimum absolute atomic E-state index is 0.00137. The number of rotatable bonds is 4. The summed E-state index contributed by atoms with van der Waals surface area (Å²) < 4.78 is 18.8. The molecule has 0 aliphatic heterocycles. The summed E-state index contributed by atoms with van der Waals surface area (Å²) in [4.78, 5) is 22.9. The minimum atomic E-state index is -1.12. The third kappa shape index (κ3) is 2.36. The number of nitrogens with one attached hydrogen (secondary N) is 1. The molecule has 20 heavy (non-hydrogen) atoms. The number of aliphatic carboxylic acids is 1. The van der Waals surface area contributed by atoms with Gasteiger partial charge in [0.05, 0.1) is 0 Å².